The Hall–Kier alpha value is -3.17. The summed E-state index contributed by atoms with van der Waals surface area (Å²) in [6.07, 6.45) is 1.86. The number of esters is 1. The van der Waals surface area contributed by atoms with Crippen LogP contribution in [0.2, 0.25) is 0 Å². The largest absolute Gasteiger partial charge is 0.493 e. The summed E-state index contributed by atoms with van der Waals surface area (Å²) in [7, 11) is 3.09. The fourth-order valence-corrected chi connectivity index (χ4v) is 5.88. The van der Waals surface area contributed by atoms with E-state index < -0.39 is 12.0 Å². The Labute approximate surface area is 227 Å². The van der Waals surface area contributed by atoms with Gasteiger partial charge in [-0.05, 0) is 54.7 Å². The number of nitrogens with zero attached hydrogens (tertiary/aromatic N) is 2. The van der Waals surface area contributed by atoms with Crippen molar-refractivity contribution in [3.05, 3.63) is 88.5 Å². The highest BCUT2D eigenvalue weighted by molar-refractivity contribution is 9.10. The summed E-state index contributed by atoms with van der Waals surface area (Å²) in [4.78, 5) is 32.1. The van der Waals surface area contributed by atoms with Gasteiger partial charge in [0.1, 0.15) is 0 Å². The molecule has 7 nitrogen and oxygen atoms in total. The van der Waals surface area contributed by atoms with Crippen LogP contribution in [0.3, 0.4) is 0 Å². The van der Waals surface area contributed by atoms with Gasteiger partial charge in [0.15, 0.2) is 16.3 Å². The van der Waals surface area contributed by atoms with E-state index in [4.69, 9.17) is 14.2 Å². The van der Waals surface area contributed by atoms with Gasteiger partial charge in [0.2, 0.25) is 0 Å². The SMILES string of the molecule is CCOC(=O)C1=C(C)N=c2s/c(=C\c3ccc(C(C)C)cc3)c(=O)n2[C@@H]1c1cc(OC)c(OC)cc1Br. The second-order valence-corrected chi connectivity index (χ2v) is 10.7. The average Bonchev–Trinajstić information content (AvgIpc) is 3.17. The number of thiazole rings is 1. The van der Waals surface area contributed by atoms with Crippen LogP contribution >= 0.6 is 27.3 Å². The summed E-state index contributed by atoms with van der Waals surface area (Å²) in [5.74, 6) is 0.900. The Balaban J connectivity index is 1.96. The first-order valence-electron chi connectivity index (χ1n) is 11.9. The molecule has 0 amide bonds. The number of allylic oxidation sites excluding steroid dienone is 1. The molecule has 0 radical (unpaired) electrons. The predicted molar refractivity (Wildman–Crippen MR) is 148 cm³/mol. The van der Waals surface area contributed by atoms with Gasteiger partial charge in [-0.2, -0.15) is 0 Å². The number of hydrogen-bond acceptors (Lipinski definition) is 7. The minimum Gasteiger partial charge on any atom is -0.493 e. The number of fused-ring (bicyclic) bond motifs is 1. The molecule has 0 fully saturated rings. The van der Waals surface area contributed by atoms with E-state index in [0.717, 1.165) is 5.56 Å². The first-order valence-corrected chi connectivity index (χ1v) is 13.5. The smallest absolute Gasteiger partial charge is 0.338 e. The van der Waals surface area contributed by atoms with E-state index in [0.29, 0.717) is 48.1 Å². The lowest BCUT2D eigenvalue weighted by molar-refractivity contribution is -0.139. The highest BCUT2D eigenvalue weighted by Crippen LogP contribution is 2.40. The monoisotopic (exact) mass is 584 g/mol. The third-order valence-corrected chi connectivity index (χ3v) is 7.89. The Kier molecular flexibility index (Phi) is 8.04. The number of halogens is 1. The fraction of sp³-hybridized carbons (Fsp3) is 0.321. The fourth-order valence-electron chi connectivity index (χ4n) is 4.29. The van der Waals surface area contributed by atoms with Crippen LogP contribution in [-0.4, -0.2) is 31.4 Å². The van der Waals surface area contributed by atoms with Crippen molar-refractivity contribution in [2.45, 2.75) is 39.7 Å². The first-order chi connectivity index (χ1) is 17.7. The Morgan fingerprint density at radius 1 is 1.16 bits per heavy atom. The number of carbonyl (C=O) groups excluding carboxylic acids is 1. The standard InChI is InChI=1S/C28H29BrN2O5S/c1-7-36-27(33)24-16(4)30-28-31(25(24)19-13-21(34-5)22(35-6)14-20(19)29)26(32)23(37-28)12-17-8-10-18(11-9-17)15(2)3/h8-15,25H,7H2,1-6H3/b23-12-/t25-/m1/s1. The van der Waals surface area contributed by atoms with E-state index in [1.54, 1.807) is 44.8 Å². The van der Waals surface area contributed by atoms with E-state index >= 15 is 0 Å². The second-order valence-electron chi connectivity index (χ2n) is 8.85. The van der Waals surface area contributed by atoms with Gasteiger partial charge in [-0.15, -0.1) is 0 Å². The molecule has 3 aromatic rings. The maximum absolute atomic E-state index is 13.8. The molecule has 0 saturated carbocycles. The zero-order valence-corrected chi connectivity index (χ0v) is 24.0. The zero-order chi connectivity index (χ0) is 26.9. The summed E-state index contributed by atoms with van der Waals surface area (Å²) < 4.78 is 19.1. The van der Waals surface area contributed by atoms with Gasteiger partial charge < -0.3 is 14.2 Å². The molecule has 0 spiro atoms. The zero-order valence-electron chi connectivity index (χ0n) is 21.6. The normalized spacial score (nSPS) is 15.5. The molecule has 37 heavy (non-hydrogen) atoms. The highest BCUT2D eigenvalue weighted by atomic mass is 79.9. The Morgan fingerprint density at radius 2 is 1.81 bits per heavy atom. The molecule has 2 aromatic carbocycles. The van der Waals surface area contributed by atoms with Crippen LogP contribution in [0.4, 0.5) is 0 Å². The topological polar surface area (TPSA) is 79.1 Å². The Morgan fingerprint density at radius 3 is 2.41 bits per heavy atom. The summed E-state index contributed by atoms with van der Waals surface area (Å²) >= 11 is 4.91. The summed E-state index contributed by atoms with van der Waals surface area (Å²) in [5, 5.41) is 0. The van der Waals surface area contributed by atoms with Crippen molar-refractivity contribution in [1.82, 2.24) is 4.57 Å². The number of ether oxygens (including phenoxy) is 3. The number of benzene rings is 2. The van der Waals surface area contributed by atoms with E-state index in [-0.39, 0.29) is 12.2 Å². The van der Waals surface area contributed by atoms with Crippen LogP contribution in [0.25, 0.3) is 6.08 Å². The van der Waals surface area contributed by atoms with Crippen molar-refractivity contribution in [3.63, 3.8) is 0 Å². The molecule has 194 valence electrons. The third kappa shape index (κ3) is 5.15. The van der Waals surface area contributed by atoms with Crippen molar-refractivity contribution in [3.8, 4) is 11.5 Å². The number of methoxy groups -OCH3 is 2. The molecule has 4 rings (SSSR count). The lowest BCUT2D eigenvalue weighted by Crippen LogP contribution is -2.40. The second kappa shape index (κ2) is 11.1. The van der Waals surface area contributed by atoms with Gasteiger partial charge in [0.25, 0.3) is 5.56 Å². The van der Waals surface area contributed by atoms with Crippen molar-refractivity contribution < 1.29 is 19.0 Å². The molecule has 0 unspecified atom stereocenters. The molecule has 2 heterocycles. The van der Waals surface area contributed by atoms with Crippen LogP contribution in [0.1, 0.15) is 56.3 Å². The van der Waals surface area contributed by atoms with Crippen LogP contribution in [0, 0.1) is 0 Å². The molecule has 1 aliphatic heterocycles. The lowest BCUT2D eigenvalue weighted by atomic mass is 9.95. The quantitative estimate of drug-likeness (QED) is 0.376. The van der Waals surface area contributed by atoms with Gasteiger partial charge in [-0.1, -0.05) is 65.4 Å². The van der Waals surface area contributed by atoms with Crippen molar-refractivity contribution in [2.75, 3.05) is 20.8 Å². The molecule has 1 atom stereocenters. The lowest BCUT2D eigenvalue weighted by Gasteiger charge is -2.26. The number of rotatable bonds is 7. The molecule has 0 N–H and O–H groups in total. The molecule has 9 heteroatoms. The van der Waals surface area contributed by atoms with Crippen LogP contribution in [0.5, 0.6) is 11.5 Å². The molecule has 1 aliphatic rings. The molecular formula is C28H29BrN2O5S. The predicted octanol–water partition coefficient (Wildman–Crippen LogP) is 4.70. The van der Waals surface area contributed by atoms with Gasteiger partial charge >= 0.3 is 5.97 Å². The summed E-state index contributed by atoms with van der Waals surface area (Å²) in [6.45, 7) is 7.99. The summed E-state index contributed by atoms with van der Waals surface area (Å²) in [6, 6.07) is 10.9. The number of hydrogen-bond donors (Lipinski definition) is 0. The average molecular weight is 586 g/mol. The van der Waals surface area contributed by atoms with E-state index in [9.17, 15) is 9.59 Å². The Bertz CT molecular complexity index is 1550. The van der Waals surface area contributed by atoms with E-state index in [1.165, 1.54) is 16.9 Å². The van der Waals surface area contributed by atoms with Gasteiger partial charge in [-0.3, -0.25) is 9.36 Å². The van der Waals surface area contributed by atoms with Crippen molar-refractivity contribution in [1.29, 1.82) is 0 Å². The summed E-state index contributed by atoms with van der Waals surface area (Å²) in [5.41, 5.74) is 3.36. The maximum atomic E-state index is 13.8. The van der Waals surface area contributed by atoms with Crippen LogP contribution in [-0.2, 0) is 9.53 Å². The molecule has 0 aliphatic carbocycles. The first kappa shape index (κ1) is 26.9. The van der Waals surface area contributed by atoms with Crippen LogP contribution < -0.4 is 24.4 Å². The molecule has 0 bridgehead atoms. The van der Waals surface area contributed by atoms with Crippen molar-refractivity contribution >= 4 is 39.3 Å². The number of aromatic nitrogens is 1. The molecule has 0 saturated heterocycles. The van der Waals surface area contributed by atoms with Gasteiger partial charge in [0, 0.05) is 4.47 Å². The minimum atomic E-state index is -0.769. The van der Waals surface area contributed by atoms with Gasteiger partial charge in [-0.25, -0.2) is 9.79 Å². The molecular weight excluding hydrogens is 556 g/mol. The maximum Gasteiger partial charge on any atom is 0.338 e. The molecule has 1 aromatic heterocycles. The highest BCUT2D eigenvalue weighted by Gasteiger charge is 2.35. The van der Waals surface area contributed by atoms with E-state index in [1.807, 2.05) is 18.2 Å². The minimum absolute atomic E-state index is 0.201. The van der Waals surface area contributed by atoms with Crippen molar-refractivity contribution in [2.24, 2.45) is 4.99 Å². The van der Waals surface area contributed by atoms with Crippen LogP contribution in [0.15, 0.2) is 61.9 Å². The third-order valence-electron chi connectivity index (χ3n) is 6.22. The van der Waals surface area contributed by atoms with E-state index in [2.05, 4.69) is 46.9 Å². The number of carbonyl (C=O) groups is 1. The van der Waals surface area contributed by atoms with Gasteiger partial charge in [0.05, 0.1) is 42.7 Å².